The lowest BCUT2D eigenvalue weighted by molar-refractivity contribution is 0.102. The second-order valence-electron chi connectivity index (χ2n) is 5.06. The van der Waals surface area contributed by atoms with Gasteiger partial charge in [-0.15, -0.1) is 11.8 Å². The van der Waals surface area contributed by atoms with Gasteiger partial charge in [-0.05, 0) is 50.1 Å². The Labute approximate surface area is 139 Å². The van der Waals surface area contributed by atoms with Crippen molar-refractivity contribution in [2.75, 3.05) is 5.75 Å². The number of Topliss-reactive ketones (excluding diaryl/α,β-unsaturated/α-hetero) is 1. The minimum atomic E-state index is 0.140. The highest BCUT2D eigenvalue weighted by atomic mass is 35.5. The van der Waals surface area contributed by atoms with Gasteiger partial charge in [0.15, 0.2) is 5.78 Å². The van der Waals surface area contributed by atoms with E-state index in [1.165, 1.54) is 17.3 Å². The second kappa shape index (κ2) is 6.87. The van der Waals surface area contributed by atoms with Crippen LogP contribution in [0, 0.1) is 20.8 Å². The molecule has 0 heterocycles. The predicted molar refractivity (Wildman–Crippen MR) is 92.2 cm³/mol. The Balaban J connectivity index is 2.13. The molecule has 4 heteroatoms. The number of carbonyl (C=O) groups is 1. The van der Waals surface area contributed by atoms with Crippen molar-refractivity contribution >= 4 is 40.7 Å². The van der Waals surface area contributed by atoms with Crippen molar-refractivity contribution in [1.82, 2.24) is 0 Å². The first-order chi connectivity index (χ1) is 9.88. The van der Waals surface area contributed by atoms with Crippen LogP contribution in [-0.4, -0.2) is 11.5 Å². The van der Waals surface area contributed by atoms with Gasteiger partial charge in [-0.25, -0.2) is 0 Å². The van der Waals surface area contributed by atoms with E-state index in [1.807, 2.05) is 39.0 Å². The summed E-state index contributed by atoms with van der Waals surface area (Å²) in [5.41, 5.74) is 4.08. The van der Waals surface area contributed by atoms with E-state index in [0.29, 0.717) is 15.8 Å². The van der Waals surface area contributed by atoms with Gasteiger partial charge in [0.1, 0.15) is 0 Å². The first-order valence-electron chi connectivity index (χ1n) is 6.57. The van der Waals surface area contributed by atoms with Gasteiger partial charge < -0.3 is 0 Å². The zero-order valence-electron chi connectivity index (χ0n) is 12.2. The van der Waals surface area contributed by atoms with E-state index in [2.05, 4.69) is 0 Å². The van der Waals surface area contributed by atoms with Crippen LogP contribution in [0.3, 0.4) is 0 Å². The van der Waals surface area contributed by atoms with Crippen LogP contribution in [0.4, 0.5) is 0 Å². The summed E-state index contributed by atoms with van der Waals surface area (Å²) in [7, 11) is 0. The minimum absolute atomic E-state index is 0.140. The van der Waals surface area contributed by atoms with E-state index in [4.69, 9.17) is 23.2 Å². The first-order valence-corrected chi connectivity index (χ1v) is 8.31. The summed E-state index contributed by atoms with van der Waals surface area (Å²) in [4.78, 5) is 13.4. The molecule has 0 saturated heterocycles. The van der Waals surface area contributed by atoms with Crippen LogP contribution in [0.15, 0.2) is 35.2 Å². The Morgan fingerprint density at radius 1 is 1.00 bits per heavy atom. The molecule has 0 atom stereocenters. The topological polar surface area (TPSA) is 17.1 Å². The van der Waals surface area contributed by atoms with Gasteiger partial charge in [0.2, 0.25) is 0 Å². The molecule has 0 aliphatic rings. The number of aryl methyl sites for hydroxylation is 3. The molecule has 0 fully saturated rings. The third-order valence-electron chi connectivity index (χ3n) is 3.22. The summed E-state index contributed by atoms with van der Waals surface area (Å²) in [6.45, 7) is 6.01. The molecule has 0 amide bonds. The average Bonchev–Trinajstić information content (AvgIpc) is 2.39. The second-order valence-corrected chi connectivity index (χ2v) is 6.92. The Morgan fingerprint density at radius 3 is 2.19 bits per heavy atom. The van der Waals surface area contributed by atoms with Crippen molar-refractivity contribution in [3.63, 3.8) is 0 Å². The van der Waals surface area contributed by atoms with Crippen LogP contribution in [0.5, 0.6) is 0 Å². The highest BCUT2D eigenvalue weighted by molar-refractivity contribution is 8.00. The molecule has 1 nitrogen and oxygen atoms in total. The van der Waals surface area contributed by atoms with Crippen molar-refractivity contribution in [3.8, 4) is 0 Å². The maximum atomic E-state index is 12.4. The molecule has 0 radical (unpaired) electrons. The van der Waals surface area contributed by atoms with Gasteiger partial charge in [-0.2, -0.15) is 0 Å². The third kappa shape index (κ3) is 4.03. The monoisotopic (exact) mass is 338 g/mol. The predicted octanol–water partition coefficient (Wildman–Crippen LogP) is 5.89. The Bertz CT molecular complexity index is 672. The number of hydrogen-bond acceptors (Lipinski definition) is 2. The van der Waals surface area contributed by atoms with E-state index in [1.54, 1.807) is 12.1 Å². The smallest absolute Gasteiger partial charge is 0.173 e. The standard InChI is InChI=1S/C17H16Cl2OS/c1-10-6-11(2)17(12(3)7-10)16(20)9-21-13-4-5-14(18)15(19)8-13/h4-8H,9H2,1-3H3. The largest absolute Gasteiger partial charge is 0.293 e. The van der Waals surface area contributed by atoms with Crippen LogP contribution in [0.2, 0.25) is 10.0 Å². The minimum Gasteiger partial charge on any atom is -0.293 e. The summed E-state index contributed by atoms with van der Waals surface area (Å²) in [6.07, 6.45) is 0. The first kappa shape index (κ1) is 16.4. The number of thioether (sulfide) groups is 1. The van der Waals surface area contributed by atoms with Gasteiger partial charge >= 0.3 is 0 Å². The van der Waals surface area contributed by atoms with E-state index in [-0.39, 0.29) is 5.78 Å². The Kier molecular flexibility index (Phi) is 5.37. The fraction of sp³-hybridized carbons (Fsp3) is 0.235. The van der Waals surface area contributed by atoms with Gasteiger partial charge in [-0.1, -0.05) is 40.9 Å². The van der Waals surface area contributed by atoms with Gasteiger partial charge in [0, 0.05) is 10.5 Å². The number of ketones is 1. The Morgan fingerprint density at radius 2 is 1.62 bits per heavy atom. The quantitative estimate of drug-likeness (QED) is 0.510. The average molecular weight is 339 g/mol. The molecule has 21 heavy (non-hydrogen) atoms. The zero-order chi connectivity index (χ0) is 15.6. The van der Waals surface area contributed by atoms with Crippen molar-refractivity contribution in [2.45, 2.75) is 25.7 Å². The number of rotatable bonds is 4. The van der Waals surface area contributed by atoms with Crippen LogP contribution >= 0.6 is 35.0 Å². The summed E-state index contributed by atoms with van der Waals surface area (Å²) < 4.78 is 0. The molecule has 110 valence electrons. The SMILES string of the molecule is Cc1cc(C)c(C(=O)CSc2ccc(Cl)c(Cl)c2)c(C)c1. The Hall–Kier alpha value is -0.960. The summed E-state index contributed by atoms with van der Waals surface area (Å²) in [5.74, 6) is 0.531. The molecule has 2 aromatic carbocycles. The van der Waals surface area contributed by atoms with Crippen molar-refractivity contribution < 1.29 is 4.79 Å². The number of carbonyl (C=O) groups excluding carboxylic acids is 1. The third-order valence-corrected chi connectivity index (χ3v) is 4.95. The zero-order valence-corrected chi connectivity index (χ0v) is 14.5. The molecule has 0 unspecified atom stereocenters. The molecule has 2 rings (SSSR count). The fourth-order valence-electron chi connectivity index (χ4n) is 2.41. The lowest BCUT2D eigenvalue weighted by Crippen LogP contribution is -2.07. The highest BCUT2D eigenvalue weighted by Gasteiger charge is 2.13. The molecule has 0 aliphatic carbocycles. The van der Waals surface area contributed by atoms with Gasteiger partial charge in [-0.3, -0.25) is 4.79 Å². The van der Waals surface area contributed by atoms with E-state index in [0.717, 1.165) is 21.6 Å². The van der Waals surface area contributed by atoms with Crippen LogP contribution in [0.1, 0.15) is 27.0 Å². The van der Waals surface area contributed by atoms with Crippen LogP contribution in [0.25, 0.3) is 0 Å². The molecular weight excluding hydrogens is 323 g/mol. The molecule has 0 spiro atoms. The lowest BCUT2D eigenvalue weighted by atomic mass is 9.97. The lowest BCUT2D eigenvalue weighted by Gasteiger charge is -2.10. The molecule has 0 aromatic heterocycles. The van der Waals surface area contributed by atoms with Crippen LogP contribution < -0.4 is 0 Å². The van der Waals surface area contributed by atoms with Crippen molar-refractivity contribution in [2.24, 2.45) is 0 Å². The molecule has 0 N–H and O–H groups in total. The maximum absolute atomic E-state index is 12.4. The highest BCUT2D eigenvalue weighted by Crippen LogP contribution is 2.29. The fourth-order valence-corrected chi connectivity index (χ4v) is 3.58. The molecule has 0 saturated carbocycles. The van der Waals surface area contributed by atoms with E-state index >= 15 is 0 Å². The number of benzene rings is 2. The van der Waals surface area contributed by atoms with Gasteiger partial charge in [0.25, 0.3) is 0 Å². The maximum Gasteiger partial charge on any atom is 0.173 e. The van der Waals surface area contributed by atoms with E-state index < -0.39 is 0 Å². The van der Waals surface area contributed by atoms with Crippen molar-refractivity contribution in [3.05, 3.63) is 62.6 Å². The normalized spacial score (nSPS) is 10.7. The summed E-state index contributed by atoms with van der Waals surface area (Å²) >= 11 is 13.3. The van der Waals surface area contributed by atoms with Crippen LogP contribution in [-0.2, 0) is 0 Å². The molecule has 2 aromatic rings. The van der Waals surface area contributed by atoms with E-state index in [9.17, 15) is 4.79 Å². The molecule has 0 bridgehead atoms. The van der Waals surface area contributed by atoms with Crippen molar-refractivity contribution in [1.29, 1.82) is 0 Å². The van der Waals surface area contributed by atoms with Gasteiger partial charge in [0.05, 0.1) is 15.8 Å². The molecular formula is C17H16Cl2OS. The number of halogens is 2. The molecule has 0 aliphatic heterocycles. The summed E-state index contributed by atoms with van der Waals surface area (Å²) in [5, 5.41) is 1.04. The summed E-state index contributed by atoms with van der Waals surface area (Å²) in [6, 6.07) is 9.50. The number of hydrogen-bond donors (Lipinski definition) is 0.